The van der Waals surface area contributed by atoms with E-state index in [1.807, 2.05) is 31.2 Å². The molecule has 0 amide bonds. The lowest BCUT2D eigenvalue weighted by atomic mass is 10.0. The van der Waals surface area contributed by atoms with Crippen LogP contribution in [0.15, 0.2) is 46.9 Å². The van der Waals surface area contributed by atoms with Gasteiger partial charge in [0.05, 0.1) is 21.4 Å². The zero-order valence-electron chi connectivity index (χ0n) is 16.3. The van der Waals surface area contributed by atoms with E-state index in [1.54, 1.807) is 0 Å². The molecular weight excluding hydrogens is 457 g/mol. The average molecular weight is 479 g/mol. The summed E-state index contributed by atoms with van der Waals surface area (Å²) in [5.74, 6) is 1.08. The van der Waals surface area contributed by atoms with Crippen LogP contribution >= 0.6 is 39.1 Å². The molecule has 0 N–H and O–H groups in total. The SMILES string of the molecule is CCN(c1nc(C)cc(-c2c(Cl)cccc2Cl)n1)c1ccc(C(C)C)cc1Br. The minimum atomic E-state index is 0.463. The van der Waals surface area contributed by atoms with E-state index in [0.29, 0.717) is 27.6 Å². The average Bonchev–Trinajstić information content (AvgIpc) is 2.63. The minimum Gasteiger partial charge on any atom is -0.310 e. The molecule has 0 saturated carbocycles. The van der Waals surface area contributed by atoms with Gasteiger partial charge in [-0.3, -0.25) is 0 Å². The van der Waals surface area contributed by atoms with Gasteiger partial charge in [0.15, 0.2) is 0 Å². The first-order valence-corrected chi connectivity index (χ1v) is 10.7. The first-order chi connectivity index (χ1) is 13.3. The lowest BCUT2D eigenvalue weighted by Gasteiger charge is -2.24. The molecule has 0 atom stereocenters. The second-order valence-corrected chi connectivity index (χ2v) is 8.57. The maximum absolute atomic E-state index is 6.41. The van der Waals surface area contributed by atoms with Crippen LogP contribution in [0.25, 0.3) is 11.3 Å². The van der Waals surface area contributed by atoms with Crippen molar-refractivity contribution in [3.8, 4) is 11.3 Å². The highest BCUT2D eigenvalue weighted by molar-refractivity contribution is 9.10. The molecule has 6 heteroatoms. The number of aryl methyl sites for hydroxylation is 1. The summed E-state index contributed by atoms with van der Waals surface area (Å²) in [6.07, 6.45) is 0. The van der Waals surface area contributed by atoms with Gasteiger partial charge < -0.3 is 4.90 Å². The number of rotatable bonds is 5. The predicted molar refractivity (Wildman–Crippen MR) is 123 cm³/mol. The summed E-state index contributed by atoms with van der Waals surface area (Å²) in [6, 6.07) is 13.8. The van der Waals surface area contributed by atoms with Gasteiger partial charge in [-0.2, -0.15) is 0 Å². The quantitative estimate of drug-likeness (QED) is 0.374. The number of hydrogen-bond donors (Lipinski definition) is 0. The van der Waals surface area contributed by atoms with Crippen molar-refractivity contribution in [1.82, 2.24) is 9.97 Å². The van der Waals surface area contributed by atoms with Crippen molar-refractivity contribution in [2.24, 2.45) is 0 Å². The van der Waals surface area contributed by atoms with Crippen molar-refractivity contribution >= 4 is 50.8 Å². The highest BCUT2D eigenvalue weighted by atomic mass is 79.9. The van der Waals surface area contributed by atoms with Gasteiger partial charge in [0.25, 0.3) is 0 Å². The summed E-state index contributed by atoms with van der Waals surface area (Å²) in [5.41, 5.74) is 4.59. The summed E-state index contributed by atoms with van der Waals surface area (Å²) >= 11 is 16.5. The van der Waals surface area contributed by atoms with Crippen molar-refractivity contribution in [1.29, 1.82) is 0 Å². The topological polar surface area (TPSA) is 29.0 Å². The van der Waals surface area contributed by atoms with Crippen molar-refractivity contribution in [3.05, 3.63) is 68.2 Å². The predicted octanol–water partition coefficient (Wildman–Crippen LogP) is 7.80. The Morgan fingerprint density at radius 1 is 1.04 bits per heavy atom. The second kappa shape index (κ2) is 8.81. The first-order valence-electron chi connectivity index (χ1n) is 9.18. The Bertz CT molecular complexity index is 985. The van der Waals surface area contributed by atoms with Gasteiger partial charge >= 0.3 is 0 Å². The summed E-state index contributed by atoms with van der Waals surface area (Å²) < 4.78 is 1.02. The maximum atomic E-state index is 6.41. The third kappa shape index (κ3) is 4.35. The van der Waals surface area contributed by atoms with Crippen LogP contribution in [0, 0.1) is 6.92 Å². The molecule has 0 spiro atoms. The normalized spacial score (nSPS) is 11.1. The molecule has 3 rings (SSSR count). The van der Waals surface area contributed by atoms with Crippen LogP contribution in [-0.2, 0) is 0 Å². The highest BCUT2D eigenvalue weighted by Gasteiger charge is 2.18. The number of benzene rings is 2. The van der Waals surface area contributed by atoms with Gasteiger partial charge in [0.1, 0.15) is 0 Å². The zero-order chi connectivity index (χ0) is 20.4. The number of aromatic nitrogens is 2. The van der Waals surface area contributed by atoms with Crippen LogP contribution in [-0.4, -0.2) is 16.5 Å². The number of anilines is 2. The number of nitrogens with zero attached hydrogens (tertiary/aromatic N) is 3. The van der Waals surface area contributed by atoms with Crippen molar-refractivity contribution in [2.45, 2.75) is 33.6 Å². The molecule has 0 radical (unpaired) electrons. The maximum Gasteiger partial charge on any atom is 0.230 e. The molecule has 3 aromatic rings. The number of hydrogen-bond acceptors (Lipinski definition) is 3. The Kier molecular flexibility index (Phi) is 6.64. The molecule has 0 aliphatic heterocycles. The fourth-order valence-corrected chi connectivity index (χ4v) is 4.27. The Labute approximate surface area is 184 Å². The van der Waals surface area contributed by atoms with Crippen molar-refractivity contribution in [3.63, 3.8) is 0 Å². The Balaban J connectivity index is 2.11. The fraction of sp³-hybridized carbons (Fsp3) is 0.273. The van der Waals surface area contributed by atoms with Crippen LogP contribution in [0.3, 0.4) is 0 Å². The molecule has 3 nitrogen and oxygen atoms in total. The molecule has 0 fully saturated rings. The van der Waals surface area contributed by atoms with E-state index in [9.17, 15) is 0 Å². The number of halogens is 3. The third-order valence-corrected chi connectivity index (χ3v) is 5.81. The molecule has 0 aliphatic rings. The van der Waals surface area contributed by atoms with Gasteiger partial charge in [-0.05, 0) is 71.6 Å². The molecule has 2 aromatic carbocycles. The van der Waals surface area contributed by atoms with E-state index in [4.69, 9.17) is 28.2 Å². The smallest absolute Gasteiger partial charge is 0.230 e. The van der Waals surface area contributed by atoms with Crippen molar-refractivity contribution < 1.29 is 0 Å². The van der Waals surface area contributed by atoms with E-state index < -0.39 is 0 Å². The second-order valence-electron chi connectivity index (χ2n) is 6.90. The van der Waals surface area contributed by atoms with Crippen LogP contribution in [0.2, 0.25) is 10.0 Å². The van der Waals surface area contributed by atoms with Gasteiger partial charge in [0, 0.05) is 22.3 Å². The molecule has 28 heavy (non-hydrogen) atoms. The molecule has 0 bridgehead atoms. The van der Waals surface area contributed by atoms with Gasteiger partial charge in [-0.15, -0.1) is 0 Å². The highest BCUT2D eigenvalue weighted by Crippen LogP contribution is 2.37. The molecule has 146 valence electrons. The van der Waals surface area contributed by atoms with E-state index in [1.165, 1.54) is 5.56 Å². The summed E-state index contributed by atoms with van der Waals surface area (Å²) in [5, 5.41) is 1.14. The minimum absolute atomic E-state index is 0.463. The summed E-state index contributed by atoms with van der Waals surface area (Å²) in [6.45, 7) is 9.12. The molecule has 1 aromatic heterocycles. The van der Waals surface area contributed by atoms with Crippen LogP contribution < -0.4 is 4.90 Å². The van der Waals surface area contributed by atoms with E-state index in [2.05, 4.69) is 64.8 Å². The van der Waals surface area contributed by atoms with Crippen LogP contribution in [0.4, 0.5) is 11.6 Å². The molecule has 1 heterocycles. The Morgan fingerprint density at radius 3 is 2.29 bits per heavy atom. The fourth-order valence-electron chi connectivity index (χ4n) is 3.06. The van der Waals surface area contributed by atoms with Crippen LogP contribution in [0.1, 0.15) is 37.9 Å². The molecule has 0 unspecified atom stereocenters. The Morgan fingerprint density at radius 2 is 1.71 bits per heavy atom. The molecule has 0 aliphatic carbocycles. The largest absolute Gasteiger partial charge is 0.310 e. The van der Waals surface area contributed by atoms with E-state index >= 15 is 0 Å². The summed E-state index contributed by atoms with van der Waals surface area (Å²) in [7, 11) is 0. The molecular formula is C22H22BrCl2N3. The zero-order valence-corrected chi connectivity index (χ0v) is 19.4. The van der Waals surface area contributed by atoms with E-state index in [0.717, 1.165) is 28.0 Å². The molecule has 0 saturated heterocycles. The first kappa shape index (κ1) is 21.1. The van der Waals surface area contributed by atoms with Gasteiger partial charge in [-0.1, -0.05) is 49.2 Å². The third-order valence-electron chi connectivity index (χ3n) is 4.55. The van der Waals surface area contributed by atoms with Gasteiger partial charge in [-0.25, -0.2) is 9.97 Å². The Hall–Kier alpha value is -1.62. The summed E-state index contributed by atoms with van der Waals surface area (Å²) in [4.78, 5) is 11.5. The van der Waals surface area contributed by atoms with Crippen molar-refractivity contribution in [2.75, 3.05) is 11.4 Å². The van der Waals surface area contributed by atoms with E-state index in [-0.39, 0.29) is 0 Å². The van der Waals surface area contributed by atoms with Crippen LogP contribution in [0.5, 0.6) is 0 Å². The lowest BCUT2D eigenvalue weighted by molar-refractivity contribution is 0.863. The lowest BCUT2D eigenvalue weighted by Crippen LogP contribution is -2.20. The standard InChI is InChI=1S/C22H22BrCl2N3/c1-5-28(20-10-9-15(13(2)3)12-16(20)23)22-26-14(4)11-19(27-22)21-17(24)7-6-8-18(21)25/h6-13H,5H2,1-4H3. The monoisotopic (exact) mass is 477 g/mol. The van der Waals surface area contributed by atoms with Gasteiger partial charge in [0.2, 0.25) is 5.95 Å².